The molecule has 1 unspecified atom stereocenters. The van der Waals surface area contributed by atoms with Crippen LogP contribution in [0.3, 0.4) is 0 Å². The van der Waals surface area contributed by atoms with Gasteiger partial charge in [0, 0.05) is 6.04 Å². The summed E-state index contributed by atoms with van der Waals surface area (Å²) < 4.78 is 0. The van der Waals surface area contributed by atoms with Crippen molar-refractivity contribution in [2.75, 3.05) is 6.54 Å². The van der Waals surface area contributed by atoms with Crippen molar-refractivity contribution in [3.05, 3.63) is 0 Å². The average Bonchev–Trinajstić information content (AvgIpc) is 1.82. The van der Waals surface area contributed by atoms with Crippen molar-refractivity contribution in [1.29, 1.82) is 0 Å². The van der Waals surface area contributed by atoms with E-state index in [1.807, 2.05) is 0 Å². The highest BCUT2D eigenvalue weighted by molar-refractivity contribution is 4.63. The SMILES string of the molecule is CC(C)CNC(C)CC(C)C. The van der Waals surface area contributed by atoms with E-state index >= 15 is 0 Å². The summed E-state index contributed by atoms with van der Waals surface area (Å²) in [6.45, 7) is 12.4. The molecule has 0 rings (SSSR count). The predicted molar refractivity (Wildman–Crippen MR) is 51.8 cm³/mol. The van der Waals surface area contributed by atoms with Crippen molar-refractivity contribution in [2.45, 2.75) is 47.1 Å². The molecule has 0 fully saturated rings. The molecular weight excluding hydrogens is 134 g/mol. The van der Waals surface area contributed by atoms with Gasteiger partial charge in [-0.2, -0.15) is 0 Å². The third-order valence-corrected chi connectivity index (χ3v) is 1.70. The molecule has 0 aromatic heterocycles. The van der Waals surface area contributed by atoms with Crippen LogP contribution in [0.2, 0.25) is 0 Å². The fraction of sp³-hybridized carbons (Fsp3) is 1.00. The molecular formula is C10H23N. The van der Waals surface area contributed by atoms with E-state index in [-0.39, 0.29) is 0 Å². The zero-order valence-corrected chi connectivity index (χ0v) is 8.65. The van der Waals surface area contributed by atoms with Crippen LogP contribution in [-0.2, 0) is 0 Å². The molecule has 0 aliphatic rings. The lowest BCUT2D eigenvalue weighted by molar-refractivity contribution is 0.417. The summed E-state index contributed by atoms with van der Waals surface area (Å²) in [6, 6.07) is 0.678. The van der Waals surface area contributed by atoms with Crippen LogP contribution in [0.1, 0.15) is 41.0 Å². The second kappa shape index (κ2) is 5.59. The van der Waals surface area contributed by atoms with E-state index in [0.29, 0.717) is 6.04 Å². The maximum absolute atomic E-state index is 3.51. The molecule has 0 saturated heterocycles. The lowest BCUT2D eigenvalue weighted by Crippen LogP contribution is -2.30. The number of nitrogens with one attached hydrogen (secondary N) is 1. The molecule has 0 radical (unpaired) electrons. The van der Waals surface area contributed by atoms with E-state index in [4.69, 9.17) is 0 Å². The largest absolute Gasteiger partial charge is 0.314 e. The van der Waals surface area contributed by atoms with Crippen molar-refractivity contribution in [1.82, 2.24) is 5.32 Å². The molecule has 0 bridgehead atoms. The second-order valence-corrected chi connectivity index (χ2v) is 4.33. The first-order valence-electron chi connectivity index (χ1n) is 4.75. The second-order valence-electron chi connectivity index (χ2n) is 4.33. The molecule has 0 heterocycles. The maximum atomic E-state index is 3.51. The molecule has 0 saturated carbocycles. The Kier molecular flexibility index (Phi) is 5.57. The van der Waals surface area contributed by atoms with Gasteiger partial charge in [-0.1, -0.05) is 27.7 Å². The van der Waals surface area contributed by atoms with Crippen molar-refractivity contribution < 1.29 is 0 Å². The molecule has 0 aliphatic carbocycles. The smallest absolute Gasteiger partial charge is 0.00412 e. The predicted octanol–water partition coefficient (Wildman–Crippen LogP) is 2.67. The Morgan fingerprint density at radius 1 is 0.909 bits per heavy atom. The molecule has 0 aromatic carbocycles. The molecule has 1 heteroatoms. The minimum absolute atomic E-state index is 0.678. The molecule has 0 aliphatic heterocycles. The fourth-order valence-electron chi connectivity index (χ4n) is 1.23. The van der Waals surface area contributed by atoms with Crippen molar-refractivity contribution >= 4 is 0 Å². The summed E-state index contributed by atoms with van der Waals surface area (Å²) in [5, 5.41) is 3.51. The Balaban J connectivity index is 3.29. The standard InChI is InChI=1S/C10H23N/c1-8(2)6-10(5)11-7-9(3)4/h8-11H,6-7H2,1-5H3. The summed E-state index contributed by atoms with van der Waals surface area (Å²) in [4.78, 5) is 0. The van der Waals surface area contributed by atoms with Crippen LogP contribution < -0.4 is 5.32 Å². The van der Waals surface area contributed by atoms with Gasteiger partial charge in [0.2, 0.25) is 0 Å². The lowest BCUT2D eigenvalue weighted by atomic mass is 10.0. The summed E-state index contributed by atoms with van der Waals surface area (Å²) in [5.74, 6) is 1.58. The Morgan fingerprint density at radius 2 is 1.45 bits per heavy atom. The van der Waals surface area contributed by atoms with Gasteiger partial charge in [-0.3, -0.25) is 0 Å². The van der Waals surface area contributed by atoms with Crippen LogP contribution in [0.25, 0.3) is 0 Å². The number of hydrogen-bond donors (Lipinski definition) is 1. The molecule has 0 aromatic rings. The van der Waals surface area contributed by atoms with E-state index in [2.05, 4.69) is 39.9 Å². The Bertz CT molecular complexity index is 86.9. The first-order chi connectivity index (χ1) is 5.02. The highest BCUT2D eigenvalue weighted by Gasteiger charge is 2.03. The first kappa shape index (κ1) is 11.0. The van der Waals surface area contributed by atoms with Gasteiger partial charge < -0.3 is 5.32 Å². The monoisotopic (exact) mass is 157 g/mol. The molecule has 1 N–H and O–H groups in total. The van der Waals surface area contributed by atoms with Gasteiger partial charge in [0.15, 0.2) is 0 Å². The van der Waals surface area contributed by atoms with Gasteiger partial charge in [0.25, 0.3) is 0 Å². The van der Waals surface area contributed by atoms with Crippen LogP contribution in [0, 0.1) is 11.8 Å². The van der Waals surface area contributed by atoms with Crippen LogP contribution >= 0.6 is 0 Å². The quantitative estimate of drug-likeness (QED) is 0.647. The fourth-order valence-corrected chi connectivity index (χ4v) is 1.23. The average molecular weight is 157 g/mol. The zero-order chi connectivity index (χ0) is 8.85. The van der Waals surface area contributed by atoms with Gasteiger partial charge in [0.1, 0.15) is 0 Å². The molecule has 68 valence electrons. The highest BCUT2D eigenvalue weighted by atomic mass is 14.9. The van der Waals surface area contributed by atoms with Crippen LogP contribution in [0.15, 0.2) is 0 Å². The minimum atomic E-state index is 0.678. The van der Waals surface area contributed by atoms with Gasteiger partial charge in [-0.25, -0.2) is 0 Å². The van der Waals surface area contributed by atoms with Gasteiger partial charge >= 0.3 is 0 Å². The summed E-state index contributed by atoms with van der Waals surface area (Å²) >= 11 is 0. The van der Waals surface area contributed by atoms with Crippen molar-refractivity contribution in [3.8, 4) is 0 Å². The Hall–Kier alpha value is -0.0400. The summed E-state index contributed by atoms with van der Waals surface area (Å²) in [7, 11) is 0. The summed E-state index contributed by atoms with van der Waals surface area (Å²) in [5.41, 5.74) is 0. The molecule has 1 nitrogen and oxygen atoms in total. The summed E-state index contributed by atoms with van der Waals surface area (Å²) in [6.07, 6.45) is 1.28. The topological polar surface area (TPSA) is 12.0 Å². The van der Waals surface area contributed by atoms with Crippen molar-refractivity contribution in [3.63, 3.8) is 0 Å². The van der Waals surface area contributed by atoms with E-state index in [1.165, 1.54) is 6.42 Å². The lowest BCUT2D eigenvalue weighted by Gasteiger charge is -2.17. The van der Waals surface area contributed by atoms with E-state index in [9.17, 15) is 0 Å². The number of rotatable bonds is 5. The molecule has 11 heavy (non-hydrogen) atoms. The third-order valence-electron chi connectivity index (χ3n) is 1.70. The minimum Gasteiger partial charge on any atom is -0.314 e. The van der Waals surface area contributed by atoms with Crippen LogP contribution in [-0.4, -0.2) is 12.6 Å². The van der Waals surface area contributed by atoms with Crippen molar-refractivity contribution in [2.24, 2.45) is 11.8 Å². The molecule has 1 atom stereocenters. The zero-order valence-electron chi connectivity index (χ0n) is 8.65. The normalized spacial score (nSPS) is 14.5. The van der Waals surface area contributed by atoms with Gasteiger partial charge in [0.05, 0.1) is 0 Å². The van der Waals surface area contributed by atoms with E-state index < -0.39 is 0 Å². The molecule has 0 amide bonds. The van der Waals surface area contributed by atoms with Gasteiger partial charge in [-0.15, -0.1) is 0 Å². The van der Waals surface area contributed by atoms with E-state index in [1.54, 1.807) is 0 Å². The third kappa shape index (κ3) is 7.86. The Labute approximate surface area is 71.6 Å². The van der Waals surface area contributed by atoms with Crippen LogP contribution in [0.4, 0.5) is 0 Å². The highest BCUT2D eigenvalue weighted by Crippen LogP contribution is 2.03. The Morgan fingerprint density at radius 3 is 1.82 bits per heavy atom. The van der Waals surface area contributed by atoms with Gasteiger partial charge in [-0.05, 0) is 31.7 Å². The van der Waals surface area contributed by atoms with E-state index in [0.717, 1.165) is 18.4 Å². The molecule has 0 spiro atoms. The number of hydrogen-bond acceptors (Lipinski definition) is 1. The first-order valence-corrected chi connectivity index (χ1v) is 4.75. The maximum Gasteiger partial charge on any atom is 0.00412 e. The van der Waals surface area contributed by atoms with Crippen LogP contribution in [0.5, 0.6) is 0 Å².